The zero-order chi connectivity index (χ0) is 19.0. The van der Waals surface area contributed by atoms with Gasteiger partial charge in [0.1, 0.15) is 0 Å². The smallest absolute Gasteiger partial charge is 0.261 e. The molecular weight excluding hydrogens is 475 g/mol. The molecule has 4 aromatic rings. The molecule has 0 aliphatic carbocycles. The number of sulfonamides is 1. The summed E-state index contributed by atoms with van der Waals surface area (Å²) in [7, 11) is -3.67. The van der Waals surface area contributed by atoms with Crippen molar-refractivity contribution in [3.63, 3.8) is 0 Å². The molecule has 0 amide bonds. The molecule has 0 aliphatic rings. The van der Waals surface area contributed by atoms with Crippen LogP contribution in [0, 0.1) is 10.5 Å². The molecule has 8 heteroatoms. The van der Waals surface area contributed by atoms with Gasteiger partial charge < -0.3 is 0 Å². The molecule has 1 N–H and O–H groups in total. The molecule has 0 atom stereocenters. The summed E-state index contributed by atoms with van der Waals surface area (Å²) in [5.41, 5.74) is 2.89. The molecule has 4 rings (SSSR count). The first-order valence-corrected chi connectivity index (χ1v) is 10.7. The normalized spacial score (nSPS) is 11.6. The Kier molecular flexibility index (Phi) is 4.60. The SMILES string of the molecule is Cc1ccc(-c2cn3cccnc3n2)cc1NS(=O)(=O)c1ccc(I)cc1. The molecule has 0 bridgehead atoms. The van der Waals surface area contributed by atoms with Gasteiger partial charge in [-0.1, -0.05) is 12.1 Å². The molecule has 2 aromatic carbocycles. The first kappa shape index (κ1) is 17.9. The van der Waals surface area contributed by atoms with Crippen molar-refractivity contribution in [2.75, 3.05) is 4.72 Å². The van der Waals surface area contributed by atoms with Gasteiger partial charge in [-0.25, -0.2) is 18.4 Å². The molecule has 2 aromatic heterocycles. The van der Waals surface area contributed by atoms with E-state index in [0.29, 0.717) is 11.5 Å². The van der Waals surface area contributed by atoms with E-state index in [1.54, 1.807) is 36.5 Å². The number of hydrogen-bond acceptors (Lipinski definition) is 4. The number of benzene rings is 2. The van der Waals surface area contributed by atoms with Crippen molar-refractivity contribution in [2.45, 2.75) is 11.8 Å². The van der Waals surface area contributed by atoms with Gasteiger partial charge in [-0.15, -0.1) is 0 Å². The molecule has 136 valence electrons. The van der Waals surface area contributed by atoms with Crippen molar-refractivity contribution in [3.8, 4) is 11.3 Å². The molecule has 2 heterocycles. The summed E-state index contributed by atoms with van der Waals surface area (Å²) in [5, 5.41) is 0. The van der Waals surface area contributed by atoms with E-state index in [-0.39, 0.29) is 4.90 Å². The zero-order valence-corrected chi connectivity index (χ0v) is 17.3. The molecule has 0 saturated heterocycles. The number of hydrogen-bond donors (Lipinski definition) is 1. The van der Waals surface area contributed by atoms with Crippen LogP contribution >= 0.6 is 22.6 Å². The van der Waals surface area contributed by atoms with Crippen molar-refractivity contribution < 1.29 is 8.42 Å². The standard InChI is InChI=1S/C19H15IN4O2S/c1-13-3-4-14(18-12-24-10-2-9-21-19(24)22-18)11-17(13)23-27(25,26)16-7-5-15(20)6-8-16/h2-12,23H,1H3. The van der Waals surface area contributed by atoms with E-state index in [4.69, 9.17) is 0 Å². The fraction of sp³-hybridized carbons (Fsp3) is 0.0526. The Morgan fingerprint density at radius 2 is 1.89 bits per heavy atom. The zero-order valence-electron chi connectivity index (χ0n) is 14.3. The van der Waals surface area contributed by atoms with Crippen LogP contribution in [-0.2, 0) is 10.0 Å². The summed E-state index contributed by atoms with van der Waals surface area (Å²) < 4.78 is 30.9. The second-order valence-electron chi connectivity index (χ2n) is 6.04. The van der Waals surface area contributed by atoms with Gasteiger partial charge >= 0.3 is 0 Å². The van der Waals surface area contributed by atoms with Crippen molar-refractivity contribution in [2.24, 2.45) is 0 Å². The number of aryl methyl sites for hydroxylation is 1. The third kappa shape index (κ3) is 3.67. The maximum atomic E-state index is 12.7. The number of imidazole rings is 1. The van der Waals surface area contributed by atoms with Crippen LogP contribution in [0.1, 0.15) is 5.56 Å². The lowest BCUT2D eigenvalue weighted by molar-refractivity contribution is 0.601. The van der Waals surface area contributed by atoms with E-state index < -0.39 is 10.0 Å². The van der Waals surface area contributed by atoms with Crippen molar-refractivity contribution in [1.82, 2.24) is 14.4 Å². The highest BCUT2D eigenvalue weighted by Gasteiger charge is 2.16. The van der Waals surface area contributed by atoms with Crippen molar-refractivity contribution >= 4 is 44.1 Å². The average molecular weight is 490 g/mol. The number of fused-ring (bicyclic) bond motifs is 1. The molecule has 0 aliphatic heterocycles. The van der Waals surface area contributed by atoms with E-state index in [2.05, 4.69) is 37.3 Å². The molecule has 0 fully saturated rings. The lowest BCUT2D eigenvalue weighted by Gasteiger charge is -2.12. The Labute approximate surface area is 170 Å². The Morgan fingerprint density at radius 1 is 1.11 bits per heavy atom. The minimum atomic E-state index is -3.67. The Hall–Kier alpha value is -2.46. The number of rotatable bonds is 4. The van der Waals surface area contributed by atoms with Gasteiger partial charge in [-0.2, -0.15) is 0 Å². The number of nitrogens with zero attached hydrogens (tertiary/aromatic N) is 3. The van der Waals surface area contributed by atoms with Gasteiger partial charge in [0.2, 0.25) is 5.78 Å². The number of anilines is 1. The summed E-state index contributed by atoms with van der Waals surface area (Å²) in [4.78, 5) is 8.93. The van der Waals surface area contributed by atoms with Gasteiger partial charge in [0, 0.05) is 27.7 Å². The highest BCUT2D eigenvalue weighted by atomic mass is 127. The van der Waals surface area contributed by atoms with E-state index in [1.807, 2.05) is 41.9 Å². The minimum Gasteiger partial charge on any atom is -0.291 e. The van der Waals surface area contributed by atoms with Crippen molar-refractivity contribution in [3.05, 3.63) is 76.3 Å². The highest BCUT2D eigenvalue weighted by molar-refractivity contribution is 14.1. The molecule has 0 unspecified atom stereocenters. The van der Waals surface area contributed by atoms with E-state index in [1.165, 1.54) is 0 Å². The van der Waals surface area contributed by atoms with Crippen LogP contribution in [-0.4, -0.2) is 22.8 Å². The lowest BCUT2D eigenvalue weighted by atomic mass is 10.1. The fourth-order valence-electron chi connectivity index (χ4n) is 2.68. The van der Waals surface area contributed by atoms with Crippen LogP contribution in [0.25, 0.3) is 17.0 Å². The summed E-state index contributed by atoms with van der Waals surface area (Å²) >= 11 is 2.14. The first-order chi connectivity index (χ1) is 12.9. The van der Waals surface area contributed by atoms with Gasteiger partial charge in [-0.05, 0) is 71.5 Å². The summed E-state index contributed by atoms with van der Waals surface area (Å²) in [6, 6.07) is 14.1. The van der Waals surface area contributed by atoms with Crippen LogP contribution in [0.3, 0.4) is 0 Å². The highest BCUT2D eigenvalue weighted by Crippen LogP contribution is 2.27. The summed E-state index contributed by atoms with van der Waals surface area (Å²) in [6.45, 7) is 1.86. The van der Waals surface area contributed by atoms with Crippen LogP contribution in [0.5, 0.6) is 0 Å². The maximum Gasteiger partial charge on any atom is 0.261 e. The summed E-state index contributed by atoms with van der Waals surface area (Å²) in [6.07, 6.45) is 5.42. The van der Waals surface area contributed by atoms with E-state index >= 15 is 0 Å². The largest absolute Gasteiger partial charge is 0.291 e. The van der Waals surface area contributed by atoms with E-state index in [9.17, 15) is 8.42 Å². The average Bonchev–Trinajstić information content (AvgIpc) is 3.08. The Bertz CT molecular complexity index is 1200. The van der Waals surface area contributed by atoms with Crippen LogP contribution < -0.4 is 4.72 Å². The van der Waals surface area contributed by atoms with Crippen LogP contribution in [0.15, 0.2) is 72.0 Å². The molecule has 0 radical (unpaired) electrons. The lowest BCUT2D eigenvalue weighted by Crippen LogP contribution is -2.13. The predicted octanol–water partition coefficient (Wildman–Crippen LogP) is 4.11. The summed E-state index contributed by atoms with van der Waals surface area (Å²) in [5.74, 6) is 0.592. The molecular formula is C19H15IN4O2S. The minimum absolute atomic E-state index is 0.227. The maximum absolute atomic E-state index is 12.7. The second-order valence-corrected chi connectivity index (χ2v) is 8.97. The van der Waals surface area contributed by atoms with Gasteiger partial charge in [-0.3, -0.25) is 9.12 Å². The number of halogens is 1. The first-order valence-electron chi connectivity index (χ1n) is 8.11. The number of aromatic nitrogens is 3. The Morgan fingerprint density at radius 3 is 2.63 bits per heavy atom. The van der Waals surface area contributed by atoms with Crippen LogP contribution in [0.4, 0.5) is 5.69 Å². The second kappa shape index (κ2) is 6.93. The quantitative estimate of drug-likeness (QED) is 0.437. The van der Waals surface area contributed by atoms with E-state index in [0.717, 1.165) is 20.4 Å². The third-order valence-corrected chi connectivity index (χ3v) is 6.24. The fourth-order valence-corrected chi connectivity index (χ4v) is 4.16. The van der Waals surface area contributed by atoms with Gasteiger partial charge in [0.15, 0.2) is 0 Å². The third-order valence-electron chi connectivity index (χ3n) is 4.14. The molecule has 0 saturated carbocycles. The molecule has 0 spiro atoms. The molecule has 27 heavy (non-hydrogen) atoms. The topological polar surface area (TPSA) is 76.4 Å². The molecule has 6 nitrogen and oxygen atoms in total. The van der Waals surface area contributed by atoms with Crippen LogP contribution in [0.2, 0.25) is 0 Å². The Balaban J connectivity index is 1.71. The monoisotopic (exact) mass is 490 g/mol. The predicted molar refractivity (Wildman–Crippen MR) is 113 cm³/mol. The van der Waals surface area contributed by atoms with Crippen molar-refractivity contribution in [1.29, 1.82) is 0 Å². The van der Waals surface area contributed by atoms with Gasteiger partial charge in [0.25, 0.3) is 10.0 Å². The van der Waals surface area contributed by atoms with Gasteiger partial charge in [0.05, 0.1) is 16.3 Å². The number of nitrogens with one attached hydrogen (secondary N) is 1.